The van der Waals surface area contributed by atoms with Crippen LogP contribution in [0.2, 0.25) is 0 Å². The molecular formula is C15H22N2O. The van der Waals surface area contributed by atoms with E-state index in [9.17, 15) is 4.79 Å². The molecule has 0 spiro atoms. The zero-order chi connectivity index (χ0) is 13.0. The van der Waals surface area contributed by atoms with Crippen molar-refractivity contribution in [3.8, 4) is 0 Å². The summed E-state index contributed by atoms with van der Waals surface area (Å²) in [6.45, 7) is 3.80. The van der Waals surface area contributed by atoms with Crippen molar-refractivity contribution in [2.24, 2.45) is 11.7 Å². The quantitative estimate of drug-likeness (QED) is 0.837. The second-order valence-corrected chi connectivity index (χ2v) is 5.12. The fraction of sp³-hybridized carbons (Fsp3) is 0.533. The number of hydrogen-bond acceptors (Lipinski definition) is 2. The number of nitrogens with zero attached hydrogens (tertiary/aromatic N) is 1. The van der Waals surface area contributed by atoms with Crippen LogP contribution in [0.5, 0.6) is 0 Å². The Morgan fingerprint density at radius 3 is 2.61 bits per heavy atom. The van der Waals surface area contributed by atoms with E-state index in [2.05, 4.69) is 6.92 Å². The number of amides is 1. The van der Waals surface area contributed by atoms with Gasteiger partial charge in [-0.15, -0.1) is 0 Å². The van der Waals surface area contributed by atoms with Crippen molar-refractivity contribution in [2.75, 3.05) is 13.1 Å². The first-order chi connectivity index (χ1) is 8.72. The Morgan fingerprint density at radius 1 is 1.39 bits per heavy atom. The van der Waals surface area contributed by atoms with E-state index in [0.29, 0.717) is 5.92 Å². The third-order valence-electron chi connectivity index (χ3n) is 3.41. The number of hydrogen-bond donors (Lipinski definition) is 1. The van der Waals surface area contributed by atoms with Crippen molar-refractivity contribution in [1.29, 1.82) is 0 Å². The van der Waals surface area contributed by atoms with Crippen molar-refractivity contribution >= 4 is 5.91 Å². The zero-order valence-corrected chi connectivity index (χ0v) is 11.0. The van der Waals surface area contributed by atoms with Crippen LogP contribution in [-0.2, 0) is 4.79 Å². The highest BCUT2D eigenvalue weighted by atomic mass is 16.2. The minimum absolute atomic E-state index is 0.0648. The van der Waals surface area contributed by atoms with Gasteiger partial charge in [-0.25, -0.2) is 0 Å². The van der Waals surface area contributed by atoms with E-state index in [0.717, 1.165) is 25.1 Å². The van der Waals surface area contributed by atoms with Gasteiger partial charge in [0.15, 0.2) is 0 Å². The summed E-state index contributed by atoms with van der Waals surface area (Å²) in [5, 5.41) is 0. The maximum atomic E-state index is 12.4. The highest BCUT2D eigenvalue weighted by Gasteiger charge is 2.29. The minimum Gasteiger partial charge on any atom is -0.341 e. The van der Waals surface area contributed by atoms with Gasteiger partial charge >= 0.3 is 0 Å². The molecule has 1 atom stereocenters. The Kier molecular flexibility index (Phi) is 4.37. The fourth-order valence-corrected chi connectivity index (χ4v) is 2.17. The average molecular weight is 246 g/mol. The Hall–Kier alpha value is -1.35. The molecule has 2 N–H and O–H groups in total. The van der Waals surface area contributed by atoms with Crippen molar-refractivity contribution in [2.45, 2.75) is 32.2 Å². The van der Waals surface area contributed by atoms with Crippen LogP contribution in [-0.4, -0.2) is 23.9 Å². The molecule has 1 saturated carbocycles. The highest BCUT2D eigenvalue weighted by Crippen LogP contribution is 2.30. The topological polar surface area (TPSA) is 46.3 Å². The minimum atomic E-state index is -0.517. The summed E-state index contributed by atoms with van der Waals surface area (Å²) in [5.74, 6) is 0.776. The molecule has 1 unspecified atom stereocenters. The van der Waals surface area contributed by atoms with Gasteiger partial charge in [-0.1, -0.05) is 37.3 Å². The van der Waals surface area contributed by atoms with Gasteiger partial charge in [-0.3, -0.25) is 4.79 Å². The highest BCUT2D eigenvalue weighted by molar-refractivity contribution is 5.83. The van der Waals surface area contributed by atoms with Crippen LogP contribution in [0.3, 0.4) is 0 Å². The average Bonchev–Trinajstić information content (AvgIpc) is 3.21. The van der Waals surface area contributed by atoms with Crippen molar-refractivity contribution < 1.29 is 4.79 Å². The molecular weight excluding hydrogens is 224 g/mol. The Balaban J connectivity index is 2.02. The Bertz CT molecular complexity index is 387. The summed E-state index contributed by atoms with van der Waals surface area (Å²) in [6.07, 6.45) is 3.50. The fourth-order valence-electron chi connectivity index (χ4n) is 2.17. The number of nitrogens with two attached hydrogens (primary N) is 1. The molecule has 0 aromatic heterocycles. The van der Waals surface area contributed by atoms with Crippen LogP contribution in [0.4, 0.5) is 0 Å². The molecule has 0 heterocycles. The molecule has 0 bridgehead atoms. The van der Waals surface area contributed by atoms with E-state index in [1.54, 1.807) is 0 Å². The zero-order valence-electron chi connectivity index (χ0n) is 11.0. The lowest BCUT2D eigenvalue weighted by Gasteiger charge is -2.25. The maximum absolute atomic E-state index is 12.4. The summed E-state index contributed by atoms with van der Waals surface area (Å²) in [6, 6.07) is 9.11. The first kappa shape index (κ1) is 13.1. The molecule has 0 radical (unpaired) electrons. The van der Waals surface area contributed by atoms with Gasteiger partial charge in [0.1, 0.15) is 6.04 Å². The normalized spacial score (nSPS) is 16.3. The van der Waals surface area contributed by atoms with Gasteiger partial charge in [0, 0.05) is 13.1 Å². The maximum Gasteiger partial charge on any atom is 0.244 e. The number of carbonyl (C=O) groups excluding carboxylic acids is 1. The lowest BCUT2D eigenvalue weighted by Crippen LogP contribution is -2.40. The predicted octanol–water partition coefficient (Wildman–Crippen LogP) is 2.34. The summed E-state index contributed by atoms with van der Waals surface area (Å²) in [5.41, 5.74) is 6.98. The molecule has 0 saturated heterocycles. The molecule has 3 nitrogen and oxygen atoms in total. The predicted molar refractivity (Wildman–Crippen MR) is 73.0 cm³/mol. The van der Waals surface area contributed by atoms with E-state index in [4.69, 9.17) is 5.73 Å². The second kappa shape index (κ2) is 6.01. The monoisotopic (exact) mass is 246 g/mol. The van der Waals surface area contributed by atoms with Crippen LogP contribution in [0.1, 0.15) is 37.8 Å². The molecule has 98 valence electrons. The standard InChI is InChI=1S/C15H22N2O/c1-2-10-17(11-12-8-9-12)15(18)14(16)13-6-4-3-5-7-13/h3-7,12,14H,2,8-11,16H2,1H3. The first-order valence-corrected chi connectivity index (χ1v) is 6.81. The summed E-state index contributed by atoms with van der Waals surface area (Å²) in [7, 11) is 0. The summed E-state index contributed by atoms with van der Waals surface area (Å²) in [4.78, 5) is 14.3. The molecule has 1 amide bonds. The van der Waals surface area contributed by atoms with Gasteiger partial charge in [0.05, 0.1) is 0 Å². The van der Waals surface area contributed by atoms with Crippen LogP contribution >= 0.6 is 0 Å². The van der Waals surface area contributed by atoms with E-state index in [1.807, 2.05) is 35.2 Å². The Labute approximate surface area is 109 Å². The van der Waals surface area contributed by atoms with Gasteiger partial charge in [-0.05, 0) is 30.7 Å². The number of benzene rings is 1. The van der Waals surface area contributed by atoms with Crippen molar-refractivity contribution in [3.63, 3.8) is 0 Å². The molecule has 1 aliphatic rings. The van der Waals surface area contributed by atoms with Crippen LogP contribution in [0, 0.1) is 5.92 Å². The second-order valence-electron chi connectivity index (χ2n) is 5.12. The lowest BCUT2D eigenvalue weighted by molar-refractivity contribution is -0.133. The Morgan fingerprint density at radius 2 is 2.06 bits per heavy atom. The van der Waals surface area contributed by atoms with E-state index in [1.165, 1.54) is 12.8 Å². The van der Waals surface area contributed by atoms with E-state index < -0.39 is 6.04 Å². The largest absolute Gasteiger partial charge is 0.341 e. The molecule has 1 aromatic carbocycles. The van der Waals surface area contributed by atoms with E-state index >= 15 is 0 Å². The number of rotatable bonds is 6. The van der Waals surface area contributed by atoms with Gasteiger partial charge in [-0.2, -0.15) is 0 Å². The van der Waals surface area contributed by atoms with Crippen molar-refractivity contribution in [3.05, 3.63) is 35.9 Å². The van der Waals surface area contributed by atoms with Crippen molar-refractivity contribution in [1.82, 2.24) is 4.90 Å². The summed E-state index contributed by atoms with van der Waals surface area (Å²) >= 11 is 0. The summed E-state index contributed by atoms with van der Waals surface area (Å²) < 4.78 is 0. The molecule has 1 aliphatic carbocycles. The van der Waals surface area contributed by atoms with E-state index in [-0.39, 0.29) is 5.91 Å². The molecule has 18 heavy (non-hydrogen) atoms. The van der Waals surface area contributed by atoms with Gasteiger partial charge < -0.3 is 10.6 Å². The third-order valence-corrected chi connectivity index (χ3v) is 3.41. The molecule has 3 heteroatoms. The molecule has 1 aromatic rings. The molecule has 1 fully saturated rings. The SMILES string of the molecule is CCCN(CC1CC1)C(=O)C(N)c1ccccc1. The van der Waals surface area contributed by atoms with Gasteiger partial charge in [0.2, 0.25) is 5.91 Å². The lowest BCUT2D eigenvalue weighted by atomic mass is 10.1. The first-order valence-electron chi connectivity index (χ1n) is 6.81. The number of carbonyl (C=O) groups is 1. The van der Waals surface area contributed by atoms with Crippen LogP contribution in [0.25, 0.3) is 0 Å². The molecule has 0 aliphatic heterocycles. The molecule has 2 rings (SSSR count). The third kappa shape index (κ3) is 3.33. The van der Waals surface area contributed by atoms with Crippen LogP contribution < -0.4 is 5.73 Å². The van der Waals surface area contributed by atoms with Crippen LogP contribution in [0.15, 0.2) is 30.3 Å². The van der Waals surface area contributed by atoms with Gasteiger partial charge in [0.25, 0.3) is 0 Å². The smallest absolute Gasteiger partial charge is 0.244 e.